The minimum absolute atomic E-state index is 0.398. The lowest BCUT2D eigenvalue weighted by Crippen LogP contribution is -2.20. The number of ether oxygens (including phenoxy) is 2. The lowest BCUT2D eigenvalue weighted by atomic mass is 10.1. The molecule has 1 rings (SSSR count). The summed E-state index contributed by atoms with van der Waals surface area (Å²) >= 11 is 0. The molecule has 0 spiro atoms. The number of carbonyl (C=O) groups is 1. The normalized spacial score (nSPS) is 10.5. The SMILES string of the molecule is COC(=O)c1cccc(C#N)c1OC(F)(F)F. The molecule has 0 amide bonds. The van der Waals surface area contributed by atoms with Crippen LogP contribution in [0.15, 0.2) is 18.2 Å². The number of carbonyl (C=O) groups excluding carboxylic acids is 1. The van der Waals surface area contributed by atoms with Crippen molar-refractivity contribution in [3.8, 4) is 11.8 Å². The first-order valence-corrected chi connectivity index (χ1v) is 4.26. The Kier molecular flexibility index (Phi) is 3.58. The molecule has 0 N–H and O–H groups in total. The Morgan fingerprint density at radius 3 is 2.53 bits per heavy atom. The van der Waals surface area contributed by atoms with Crippen molar-refractivity contribution >= 4 is 5.97 Å². The molecule has 7 heteroatoms. The van der Waals surface area contributed by atoms with E-state index >= 15 is 0 Å². The highest BCUT2D eigenvalue weighted by molar-refractivity contribution is 5.93. The molecule has 0 bridgehead atoms. The number of para-hydroxylation sites is 1. The van der Waals surface area contributed by atoms with Gasteiger partial charge >= 0.3 is 12.3 Å². The van der Waals surface area contributed by atoms with Crippen LogP contribution < -0.4 is 4.74 Å². The molecule has 4 nitrogen and oxygen atoms in total. The highest BCUT2D eigenvalue weighted by Gasteiger charge is 2.34. The van der Waals surface area contributed by atoms with E-state index in [0.717, 1.165) is 19.2 Å². The van der Waals surface area contributed by atoms with Gasteiger partial charge in [0.2, 0.25) is 0 Å². The summed E-state index contributed by atoms with van der Waals surface area (Å²) in [7, 11) is 1.01. The van der Waals surface area contributed by atoms with Crippen LogP contribution in [0.5, 0.6) is 5.75 Å². The van der Waals surface area contributed by atoms with E-state index in [4.69, 9.17) is 5.26 Å². The number of benzene rings is 1. The summed E-state index contributed by atoms with van der Waals surface area (Å²) < 4.78 is 44.3. The lowest BCUT2D eigenvalue weighted by molar-refractivity contribution is -0.274. The molecular formula is C10H6F3NO3. The summed E-state index contributed by atoms with van der Waals surface area (Å²) in [5.74, 6) is -1.87. The van der Waals surface area contributed by atoms with Gasteiger partial charge in [-0.3, -0.25) is 0 Å². The Bertz CT molecular complexity index is 477. The number of hydrogen-bond donors (Lipinski definition) is 0. The van der Waals surface area contributed by atoms with E-state index in [1.54, 1.807) is 0 Å². The van der Waals surface area contributed by atoms with E-state index < -0.39 is 29.2 Å². The van der Waals surface area contributed by atoms with Crippen LogP contribution >= 0.6 is 0 Å². The summed E-state index contributed by atoms with van der Waals surface area (Å²) in [4.78, 5) is 11.2. The van der Waals surface area contributed by atoms with Crippen molar-refractivity contribution in [3.63, 3.8) is 0 Å². The quantitative estimate of drug-likeness (QED) is 0.749. The van der Waals surface area contributed by atoms with Gasteiger partial charge in [0, 0.05) is 0 Å². The lowest BCUT2D eigenvalue weighted by Gasteiger charge is -2.13. The van der Waals surface area contributed by atoms with E-state index in [9.17, 15) is 18.0 Å². The van der Waals surface area contributed by atoms with Crippen LogP contribution in [0.1, 0.15) is 15.9 Å². The van der Waals surface area contributed by atoms with Crippen LogP contribution in [0.25, 0.3) is 0 Å². The van der Waals surface area contributed by atoms with Crippen LogP contribution in [0.2, 0.25) is 0 Å². The number of rotatable bonds is 2. The highest BCUT2D eigenvalue weighted by Crippen LogP contribution is 2.30. The van der Waals surface area contributed by atoms with Gasteiger partial charge in [0.1, 0.15) is 11.6 Å². The maximum atomic E-state index is 12.1. The van der Waals surface area contributed by atoms with E-state index in [2.05, 4.69) is 9.47 Å². The maximum Gasteiger partial charge on any atom is 0.573 e. The highest BCUT2D eigenvalue weighted by atomic mass is 19.4. The molecule has 1 aromatic carbocycles. The van der Waals surface area contributed by atoms with E-state index in [1.807, 2.05) is 0 Å². The Labute approximate surface area is 94.2 Å². The van der Waals surface area contributed by atoms with E-state index in [-0.39, 0.29) is 0 Å². The molecule has 0 fully saturated rings. The fraction of sp³-hybridized carbons (Fsp3) is 0.200. The van der Waals surface area contributed by atoms with Gasteiger partial charge in [-0.05, 0) is 12.1 Å². The summed E-state index contributed by atoms with van der Waals surface area (Å²) in [6, 6.07) is 4.94. The van der Waals surface area contributed by atoms with Gasteiger partial charge < -0.3 is 9.47 Å². The molecule has 0 aromatic heterocycles. The predicted molar refractivity (Wildman–Crippen MR) is 49.2 cm³/mol. The topological polar surface area (TPSA) is 59.3 Å². The second-order valence-corrected chi connectivity index (χ2v) is 2.83. The Morgan fingerprint density at radius 2 is 2.06 bits per heavy atom. The first-order chi connectivity index (χ1) is 7.89. The number of halogens is 3. The second-order valence-electron chi connectivity index (χ2n) is 2.83. The molecular weight excluding hydrogens is 239 g/mol. The van der Waals surface area contributed by atoms with Gasteiger partial charge in [0.05, 0.1) is 12.7 Å². The number of methoxy groups -OCH3 is 1. The zero-order valence-corrected chi connectivity index (χ0v) is 8.54. The van der Waals surface area contributed by atoms with E-state index in [1.165, 1.54) is 12.1 Å². The van der Waals surface area contributed by atoms with Crippen molar-refractivity contribution in [1.82, 2.24) is 0 Å². The predicted octanol–water partition coefficient (Wildman–Crippen LogP) is 2.24. The van der Waals surface area contributed by atoms with Crippen LogP contribution in [0.4, 0.5) is 13.2 Å². The number of alkyl halides is 3. The number of nitrogens with zero attached hydrogens (tertiary/aromatic N) is 1. The zero-order valence-electron chi connectivity index (χ0n) is 8.54. The molecule has 90 valence electrons. The van der Waals surface area contributed by atoms with Crippen LogP contribution in [-0.4, -0.2) is 19.4 Å². The van der Waals surface area contributed by atoms with Crippen LogP contribution in [0, 0.1) is 11.3 Å². The van der Waals surface area contributed by atoms with Crippen molar-refractivity contribution in [1.29, 1.82) is 5.26 Å². The van der Waals surface area contributed by atoms with Gasteiger partial charge in [0.25, 0.3) is 0 Å². The fourth-order valence-electron chi connectivity index (χ4n) is 1.12. The van der Waals surface area contributed by atoms with E-state index in [0.29, 0.717) is 0 Å². The van der Waals surface area contributed by atoms with Gasteiger partial charge in [0.15, 0.2) is 5.75 Å². The van der Waals surface area contributed by atoms with Gasteiger partial charge in [-0.25, -0.2) is 4.79 Å². The van der Waals surface area contributed by atoms with Gasteiger partial charge in [-0.2, -0.15) is 5.26 Å². The minimum Gasteiger partial charge on any atom is -0.465 e. The second kappa shape index (κ2) is 4.74. The maximum absolute atomic E-state index is 12.1. The summed E-state index contributed by atoms with van der Waals surface area (Å²) in [5, 5.41) is 8.64. The Morgan fingerprint density at radius 1 is 1.41 bits per heavy atom. The third-order valence-corrected chi connectivity index (χ3v) is 1.76. The van der Waals surface area contributed by atoms with Gasteiger partial charge in [-0.1, -0.05) is 6.07 Å². The zero-order chi connectivity index (χ0) is 13.1. The molecule has 0 unspecified atom stereocenters. The number of esters is 1. The monoisotopic (exact) mass is 245 g/mol. The van der Waals surface area contributed by atoms with Crippen LogP contribution in [0.3, 0.4) is 0 Å². The van der Waals surface area contributed by atoms with Crippen molar-refractivity contribution < 1.29 is 27.4 Å². The largest absolute Gasteiger partial charge is 0.573 e. The third-order valence-electron chi connectivity index (χ3n) is 1.76. The van der Waals surface area contributed by atoms with Crippen molar-refractivity contribution in [2.75, 3.05) is 7.11 Å². The standard InChI is InChI=1S/C10H6F3NO3/c1-16-9(15)7-4-2-3-6(5-14)8(7)17-10(11,12)13/h2-4H,1H3. The molecule has 0 saturated heterocycles. The van der Waals surface area contributed by atoms with Gasteiger partial charge in [-0.15, -0.1) is 13.2 Å². The van der Waals surface area contributed by atoms with Crippen LogP contribution in [-0.2, 0) is 4.74 Å². The molecule has 0 atom stereocenters. The Hall–Kier alpha value is -2.23. The third kappa shape index (κ3) is 3.11. The average Bonchev–Trinajstić information content (AvgIpc) is 2.26. The summed E-state index contributed by atoms with van der Waals surface area (Å²) in [6.45, 7) is 0. The smallest absolute Gasteiger partial charge is 0.465 e. The first kappa shape index (κ1) is 12.8. The van der Waals surface area contributed by atoms with Crippen molar-refractivity contribution in [3.05, 3.63) is 29.3 Å². The summed E-state index contributed by atoms with van der Waals surface area (Å²) in [6.07, 6.45) is -4.99. The Balaban J connectivity index is 3.32. The first-order valence-electron chi connectivity index (χ1n) is 4.26. The fourth-order valence-corrected chi connectivity index (χ4v) is 1.12. The average molecular weight is 245 g/mol. The molecule has 17 heavy (non-hydrogen) atoms. The molecule has 0 aliphatic heterocycles. The van der Waals surface area contributed by atoms with Crippen molar-refractivity contribution in [2.24, 2.45) is 0 Å². The number of nitriles is 1. The number of hydrogen-bond acceptors (Lipinski definition) is 4. The molecule has 0 radical (unpaired) electrons. The summed E-state index contributed by atoms with van der Waals surface area (Å²) in [5.41, 5.74) is -0.853. The molecule has 1 aromatic rings. The molecule has 0 heterocycles. The van der Waals surface area contributed by atoms with Crippen molar-refractivity contribution in [2.45, 2.75) is 6.36 Å². The molecule has 0 saturated carbocycles. The minimum atomic E-state index is -4.99. The molecule has 0 aliphatic carbocycles. The molecule has 0 aliphatic rings.